The minimum absolute atomic E-state index is 0.386. The van der Waals surface area contributed by atoms with Crippen molar-refractivity contribution in [3.63, 3.8) is 0 Å². The van der Waals surface area contributed by atoms with Crippen LogP contribution in [-0.2, 0) is 0 Å². The van der Waals surface area contributed by atoms with Gasteiger partial charge in [0.05, 0.1) is 12.2 Å². The van der Waals surface area contributed by atoms with E-state index in [0.29, 0.717) is 30.5 Å². The van der Waals surface area contributed by atoms with E-state index in [1.54, 1.807) is 0 Å². The van der Waals surface area contributed by atoms with E-state index >= 15 is 0 Å². The van der Waals surface area contributed by atoms with E-state index in [1.807, 2.05) is 6.92 Å². The number of nitrogen functional groups attached to an aromatic ring is 1. The lowest BCUT2D eigenvalue weighted by atomic mass is 9.78. The summed E-state index contributed by atoms with van der Waals surface area (Å²) in [6, 6.07) is 0. The van der Waals surface area contributed by atoms with Crippen molar-refractivity contribution in [2.75, 3.05) is 24.2 Å². The van der Waals surface area contributed by atoms with Crippen LogP contribution in [-0.4, -0.2) is 33.8 Å². The highest BCUT2D eigenvalue weighted by Gasteiger charge is 2.32. The number of nitrogens with one attached hydrogen (secondary N) is 1. The second-order valence-corrected chi connectivity index (χ2v) is 5.80. The standard InChI is InChI=1S/C15H26N4O2/c1-3-11-5-7-15(20,8-6-11)9-17-13-12(16)14(21-4-2)19-10-18-13/h10-11,20H,3-9,16H2,1-2H3,(H,17,18,19). The van der Waals surface area contributed by atoms with Gasteiger partial charge in [0, 0.05) is 6.54 Å². The molecule has 0 aromatic carbocycles. The average Bonchev–Trinajstić information content (AvgIpc) is 2.49. The molecule has 4 N–H and O–H groups in total. The molecule has 1 saturated carbocycles. The van der Waals surface area contributed by atoms with Crippen molar-refractivity contribution < 1.29 is 9.84 Å². The fourth-order valence-electron chi connectivity index (χ4n) is 2.82. The third-order valence-electron chi connectivity index (χ3n) is 4.33. The van der Waals surface area contributed by atoms with Gasteiger partial charge in [0.15, 0.2) is 5.82 Å². The number of aromatic nitrogens is 2. The van der Waals surface area contributed by atoms with Gasteiger partial charge < -0.3 is 20.9 Å². The Balaban J connectivity index is 1.95. The Labute approximate surface area is 126 Å². The first-order valence-corrected chi connectivity index (χ1v) is 7.77. The van der Waals surface area contributed by atoms with E-state index in [2.05, 4.69) is 22.2 Å². The second-order valence-electron chi connectivity index (χ2n) is 5.80. The highest BCUT2D eigenvalue weighted by atomic mass is 16.5. The van der Waals surface area contributed by atoms with Crippen LogP contribution in [0.25, 0.3) is 0 Å². The molecule has 1 fully saturated rings. The molecule has 1 heterocycles. The molecule has 1 aliphatic rings. The maximum absolute atomic E-state index is 10.6. The van der Waals surface area contributed by atoms with Gasteiger partial charge in [0.2, 0.25) is 5.88 Å². The predicted octanol–water partition coefficient (Wildman–Crippen LogP) is 2.20. The van der Waals surface area contributed by atoms with Gasteiger partial charge in [-0.15, -0.1) is 0 Å². The summed E-state index contributed by atoms with van der Waals surface area (Å²) in [5.41, 5.74) is 5.70. The molecular formula is C15H26N4O2. The molecule has 6 nitrogen and oxygen atoms in total. The first-order chi connectivity index (χ1) is 10.1. The monoisotopic (exact) mass is 294 g/mol. The maximum Gasteiger partial charge on any atom is 0.242 e. The number of nitrogens with two attached hydrogens (primary N) is 1. The molecule has 0 atom stereocenters. The Bertz CT molecular complexity index is 459. The summed E-state index contributed by atoms with van der Waals surface area (Å²) >= 11 is 0. The summed E-state index contributed by atoms with van der Waals surface area (Å²) in [4.78, 5) is 8.13. The zero-order chi connectivity index (χ0) is 15.3. The van der Waals surface area contributed by atoms with Crippen LogP contribution in [0.1, 0.15) is 46.0 Å². The molecule has 0 spiro atoms. The van der Waals surface area contributed by atoms with Crippen LogP contribution in [0.3, 0.4) is 0 Å². The van der Waals surface area contributed by atoms with Crippen molar-refractivity contribution >= 4 is 11.5 Å². The van der Waals surface area contributed by atoms with Gasteiger partial charge in [-0.05, 0) is 38.5 Å². The Kier molecular flexibility index (Phi) is 5.22. The fourth-order valence-corrected chi connectivity index (χ4v) is 2.82. The van der Waals surface area contributed by atoms with Crippen molar-refractivity contribution in [3.8, 4) is 5.88 Å². The molecule has 0 amide bonds. The summed E-state index contributed by atoms with van der Waals surface area (Å²) in [6.45, 7) is 5.05. The van der Waals surface area contributed by atoms with Gasteiger partial charge in [-0.2, -0.15) is 4.98 Å². The lowest BCUT2D eigenvalue weighted by Gasteiger charge is -2.36. The van der Waals surface area contributed by atoms with Crippen LogP contribution < -0.4 is 15.8 Å². The van der Waals surface area contributed by atoms with Gasteiger partial charge >= 0.3 is 0 Å². The van der Waals surface area contributed by atoms with Crippen molar-refractivity contribution in [2.45, 2.75) is 51.6 Å². The van der Waals surface area contributed by atoms with E-state index in [9.17, 15) is 5.11 Å². The average molecular weight is 294 g/mol. The smallest absolute Gasteiger partial charge is 0.242 e. The van der Waals surface area contributed by atoms with Crippen LogP contribution in [0.15, 0.2) is 6.33 Å². The summed E-state index contributed by atoms with van der Waals surface area (Å²) in [5, 5.41) is 13.8. The van der Waals surface area contributed by atoms with Crippen LogP contribution in [0.5, 0.6) is 5.88 Å². The van der Waals surface area contributed by atoms with Crippen molar-refractivity contribution in [3.05, 3.63) is 6.33 Å². The molecular weight excluding hydrogens is 268 g/mol. The second kappa shape index (κ2) is 6.93. The maximum atomic E-state index is 10.6. The summed E-state index contributed by atoms with van der Waals surface area (Å²) in [7, 11) is 0. The molecule has 0 bridgehead atoms. The first kappa shape index (κ1) is 15.8. The van der Waals surface area contributed by atoms with E-state index in [-0.39, 0.29) is 0 Å². The molecule has 118 valence electrons. The number of rotatable bonds is 6. The van der Waals surface area contributed by atoms with Crippen LogP contribution in [0.4, 0.5) is 11.5 Å². The molecule has 0 radical (unpaired) electrons. The summed E-state index contributed by atoms with van der Waals surface area (Å²) in [6.07, 6.45) is 6.42. The van der Waals surface area contributed by atoms with E-state index in [1.165, 1.54) is 12.7 Å². The Morgan fingerprint density at radius 2 is 2.10 bits per heavy atom. The van der Waals surface area contributed by atoms with Gasteiger partial charge in [0.25, 0.3) is 0 Å². The lowest BCUT2D eigenvalue weighted by Crippen LogP contribution is -2.40. The number of hydrogen-bond acceptors (Lipinski definition) is 6. The molecule has 1 aliphatic carbocycles. The minimum atomic E-state index is -0.672. The molecule has 2 rings (SSSR count). The summed E-state index contributed by atoms with van der Waals surface area (Å²) in [5.74, 6) is 1.66. The van der Waals surface area contributed by atoms with E-state index in [0.717, 1.165) is 31.6 Å². The van der Waals surface area contributed by atoms with Gasteiger partial charge in [0.1, 0.15) is 12.0 Å². The van der Waals surface area contributed by atoms with Crippen LogP contribution in [0.2, 0.25) is 0 Å². The Morgan fingerprint density at radius 3 is 2.71 bits per heavy atom. The third-order valence-corrected chi connectivity index (χ3v) is 4.33. The normalized spacial score (nSPS) is 25.6. The Morgan fingerprint density at radius 1 is 1.38 bits per heavy atom. The Hall–Kier alpha value is -1.56. The number of hydrogen-bond donors (Lipinski definition) is 3. The van der Waals surface area contributed by atoms with Crippen molar-refractivity contribution in [2.24, 2.45) is 5.92 Å². The minimum Gasteiger partial charge on any atom is -0.476 e. The molecule has 1 aromatic rings. The van der Waals surface area contributed by atoms with Gasteiger partial charge in [-0.1, -0.05) is 13.3 Å². The molecule has 1 aromatic heterocycles. The third kappa shape index (κ3) is 3.97. The molecule has 6 heteroatoms. The topological polar surface area (TPSA) is 93.3 Å². The van der Waals surface area contributed by atoms with Crippen LogP contribution >= 0.6 is 0 Å². The van der Waals surface area contributed by atoms with E-state index in [4.69, 9.17) is 10.5 Å². The predicted molar refractivity (Wildman–Crippen MR) is 83.3 cm³/mol. The van der Waals surface area contributed by atoms with Crippen molar-refractivity contribution in [1.82, 2.24) is 9.97 Å². The van der Waals surface area contributed by atoms with Gasteiger partial charge in [-0.25, -0.2) is 4.98 Å². The molecule has 0 aliphatic heterocycles. The number of nitrogens with zero attached hydrogens (tertiary/aromatic N) is 2. The zero-order valence-electron chi connectivity index (χ0n) is 12.9. The molecule has 0 unspecified atom stereocenters. The molecule has 0 saturated heterocycles. The number of ether oxygens (including phenoxy) is 1. The van der Waals surface area contributed by atoms with Crippen LogP contribution in [0, 0.1) is 5.92 Å². The van der Waals surface area contributed by atoms with Crippen molar-refractivity contribution in [1.29, 1.82) is 0 Å². The fraction of sp³-hybridized carbons (Fsp3) is 0.733. The lowest BCUT2D eigenvalue weighted by molar-refractivity contribution is 0.00224. The number of aliphatic hydroxyl groups is 1. The van der Waals surface area contributed by atoms with E-state index < -0.39 is 5.60 Å². The summed E-state index contributed by atoms with van der Waals surface area (Å²) < 4.78 is 5.34. The quantitative estimate of drug-likeness (QED) is 0.744. The highest BCUT2D eigenvalue weighted by molar-refractivity contribution is 5.66. The van der Waals surface area contributed by atoms with Gasteiger partial charge in [-0.3, -0.25) is 0 Å². The SMILES string of the molecule is CCOc1ncnc(NCC2(O)CCC(CC)CC2)c1N. The highest BCUT2D eigenvalue weighted by Crippen LogP contribution is 2.34. The largest absolute Gasteiger partial charge is 0.476 e. The first-order valence-electron chi connectivity index (χ1n) is 7.77. The molecule has 21 heavy (non-hydrogen) atoms. The zero-order valence-corrected chi connectivity index (χ0v) is 12.9. The number of anilines is 2.